The van der Waals surface area contributed by atoms with Crippen molar-refractivity contribution in [1.82, 2.24) is 10.2 Å². The van der Waals surface area contributed by atoms with Gasteiger partial charge in [0.05, 0.1) is 0 Å². The van der Waals surface area contributed by atoms with E-state index in [1.807, 2.05) is 49.6 Å². The Hall–Kier alpha value is -2.38. The number of carboxylic acids is 1. The van der Waals surface area contributed by atoms with Crippen molar-refractivity contribution in [2.75, 3.05) is 31.8 Å². The van der Waals surface area contributed by atoms with Crippen LogP contribution in [-0.2, 0) is 11.3 Å². The number of rotatable bonds is 14. The number of alkyl halides is 1. The van der Waals surface area contributed by atoms with Crippen molar-refractivity contribution in [1.29, 1.82) is 0 Å². The Balaban J connectivity index is 1.84. The van der Waals surface area contributed by atoms with Gasteiger partial charge in [0.1, 0.15) is 12.7 Å². The van der Waals surface area contributed by atoms with Gasteiger partial charge in [0.25, 0.3) is 5.91 Å². The quantitative estimate of drug-likeness (QED) is 0.299. The molecule has 5 nitrogen and oxygen atoms in total. The summed E-state index contributed by atoms with van der Waals surface area (Å²) < 4.78 is 13.4. The maximum absolute atomic E-state index is 13.4. The third-order valence-corrected chi connectivity index (χ3v) is 8.01. The van der Waals surface area contributed by atoms with Crippen LogP contribution in [0.4, 0.5) is 4.39 Å². The lowest BCUT2D eigenvalue weighted by Gasteiger charge is -2.27. The molecule has 0 unspecified atom stereocenters. The Kier molecular flexibility index (Phi) is 11.9. The highest BCUT2D eigenvalue weighted by Gasteiger charge is 2.23. The van der Waals surface area contributed by atoms with Crippen LogP contribution in [0.3, 0.4) is 0 Å². The van der Waals surface area contributed by atoms with Gasteiger partial charge in [0, 0.05) is 18.7 Å². The normalized spacial score (nSPS) is 15.0. The molecule has 2 aromatic rings. The number of nitrogens with one attached hydrogen (secondary N) is 1. The minimum Gasteiger partial charge on any atom is -0.480 e. The highest BCUT2D eigenvalue weighted by molar-refractivity contribution is 7.98. The molecule has 1 fully saturated rings. The number of nitrogens with zero attached hydrogens (tertiary/aromatic N) is 1. The molecule has 0 aromatic heterocycles. The molecule has 1 amide bonds. The molecule has 0 radical (unpaired) electrons. The number of benzene rings is 2. The second-order valence-corrected chi connectivity index (χ2v) is 11.1. The SMILES string of the molecule is CSCC[C@H](NC(=O)c1ccc(CN(CCF)CCC2CCCCC2)cc1-c1ccccc1C)C(=O)O. The van der Waals surface area contributed by atoms with Gasteiger partial charge in [-0.15, -0.1) is 0 Å². The first-order valence-electron chi connectivity index (χ1n) is 13.4. The van der Waals surface area contributed by atoms with Gasteiger partial charge in [-0.1, -0.05) is 62.4 Å². The summed E-state index contributed by atoms with van der Waals surface area (Å²) in [6.07, 6.45) is 9.86. The Labute approximate surface area is 225 Å². The van der Waals surface area contributed by atoms with Crippen LogP contribution in [0.1, 0.15) is 66.4 Å². The minimum atomic E-state index is -1.03. The molecule has 0 heterocycles. The highest BCUT2D eigenvalue weighted by Crippen LogP contribution is 2.30. The van der Waals surface area contributed by atoms with Crippen molar-refractivity contribution < 1.29 is 19.1 Å². The number of amides is 1. The summed E-state index contributed by atoms with van der Waals surface area (Å²) in [5.74, 6) is -0.0446. The molecule has 0 aliphatic heterocycles. The largest absolute Gasteiger partial charge is 0.480 e. The van der Waals surface area contributed by atoms with E-state index in [-0.39, 0.29) is 6.67 Å². The minimum absolute atomic E-state index is 0.360. The molecule has 0 spiro atoms. The standard InChI is InChI=1S/C30H41FN2O3S/c1-22-8-6-7-11-25(22)27-20-24(21-33(18-16-31)17-14-23-9-4-3-5-10-23)12-13-26(27)29(34)32-28(30(35)36)15-19-37-2/h6-8,11-13,20,23,28H,3-5,9-10,14-19,21H2,1-2H3,(H,32,34)(H,35,36)/t28-/m0/s1. The van der Waals surface area contributed by atoms with Gasteiger partial charge in [0.2, 0.25) is 0 Å². The molecule has 1 atom stereocenters. The third-order valence-electron chi connectivity index (χ3n) is 7.36. The van der Waals surface area contributed by atoms with Gasteiger partial charge >= 0.3 is 5.97 Å². The maximum atomic E-state index is 13.4. The maximum Gasteiger partial charge on any atom is 0.326 e. The van der Waals surface area contributed by atoms with Crippen LogP contribution >= 0.6 is 11.8 Å². The summed E-state index contributed by atoms with van der Waals surface area (Å²) in [7, 11) is 0. The zero-order valence-corrected chi connectivity index (χ0v) is 23.0. The fourth-order valence-corrected chi connectivity index (χ4v) is 5.67. The predicted octanol–water partition coefficient (Wildman–Crippen LogP) is 6.34. The van der Waals surface area contributed by atoms with E-state index in [9.17, 15) is 19.1 Å². The third kappa shape index (κ3) is 8.85. The van der Waals surface area contributed by atoms with Crippen molar-refractivity contribution in [2.45, 2.75) is 64.5 Å². The highest BCUT2D eigenvalue weighted by atomic mass is 32.2. The van der Waals surface area contributed by atoms with E-state index in [1.165, 1.54) is 32.1 Å². The first-order chi connectivity index (χ1) is 17.9. The van der Waals surface area contributed by atoms with E-state index in [1.54, 1.807) is 17.8 Å². The van der Waals surface area contributed by atoms with E-state index < -0.39 is 17.9 Å². The number of carboxylic acid groups (broad SMARTS) is 1. The summed E-state index contributed by atoms with van der Waals surface area (Å²) in [5.41, 5.74) is 4.21. The predicted molar refractivity (Wildman–Crippen MR) is 151 cm³/mol. The molecule has 7 heteroatoms. The molecule has 202 valence electrons. The van der Waals surface area contributed by atoms with Gasteiger partial charge in [-0.05, 0) is 78.6 Å². The summed E-state index contributed by atoms with van der Waals surface area (Å²) in [5, 5.41) is 12.3. The van der Waals surface area contributed by atoms with E-state index in [0.29, 0.717) is 30.8 Å². The molecule has 3 rings (SSSR count). The smallest absolute Gasteiger partial charge is 0.326 e. The van der Waals surface area contributed by atoms with Crippen molar-refractivity contribution in [3.05, 3.63) is 59.2 Å². The zero-order valence-electron chi connectivity index (χ0n) is 22.2. The number of carbonyl (C=O) groups excluding carboxylic acids is 1. The number of aliphatic carboxylic acids is 1. The topological polar surface area (TPSA) is 69.6 Å². The lowest BCUT2D eigenvalue weighted by molar-refractivity contribution is -0.139. The fraction of sp³-hybridized carbons (Fsp3) is 0.533. The second kappa shape index (κ2) is 15.1. The van der Waals surface area contributed by atoms with Gasteiger partial charge < -0.3 is 10.4 Å². The van der Waals surface area contributed by atoms with Crippen LogP contribution in [0.2, 0.25) is 0 Å². The average molecular weight is 529 g/mol. The molecule has 1 saturated carbocycles. The van der Waals surface area contributed by atoms with Gasteiger partial charge in [-0.25, -0.2) is 9.18 Å². The summed E-state index contributed by atoms with van der Waals surface area (Å²) in [6, 6.07) is 12.7. The average Bonchev–Trinajstić information content (AvgIpc) is 2.90. The first kappa shape index (κ1) is 29.2. The van der Waals surface area contributed by atoms with Crippen molar-refractivity contribution in [3.63, 3.8) is 0 Å². The van der Waals surface area contributed by atoms with Crippen LogP contribution in [0.15, 0.2) is 42.5 Å². The van der Waals surface area contributed by atoms with E-state index in [2.05, 4.69) is 10.2 Å². The second-order valence-electron chi connectivity index (χ2n) is 10.1. The Morgan fingerprint density at radius 2 is 1.86 bits per heavy atom. The molecule has 37 heavy (non-hydrogen) atoms. The van der Waals surface area contributed by atoms with Crippen LogP contribution in [0.5, 0.6) is 0 Å². The Morgan fingerprint density at radius 3 is 2.54 bits per heavy atom. The number of halogens is 1. The number of aryl methyl sites for hydroxylation is 1. The number of thioether (sulfide) groups is 1. The molecule has 2 aromatic carbocycles. The first-order valence-corrected chi connectivity index (χ1v) is 14.8. The fourth-order valence-electron chi connectivity index (χ4n) is 5.20. The van der Waals surface area contributed by atoms with Gasteiger partial charge in [0.15, 0.2) is 0 Å². The number of carbonyl (C=O) groups is 2. The lowest BCUT2D eigenvalue weighted by atomic mass is 9.87. The van der Waals surface area contributed by atoms with Gasteiger partial charge in [-0.2, -0.15) is 11.8 Å². The van der Waals surface area contributed by atoms with E-state index >= 15 is 0 Å². The summed E-state index contributed by atoms with van der Waals surface area (Å²) in [4.78, 5) is 27.2. The molecule has 1 aliphatic rings. The molecular formula is C30H41FN2O3S. The van der Waals surface area contributed by atoms with Crippen LogP contribution < -0.4 is 5.32 Å². The number of hydrogen-bond donors (Lipinski definition) is 2. The monoisotopic (exact) mass is 528 g/mol. The molecule has 2 N–H and O–H groups in total. The van der Waals surface area contributed by atoms with Crippen molar-refractivity contribution in [3.8, 4) is 11.1 Å². The molecule has 1 aliphatic carbocycles. The van der Waals surface area contributed by atoms with Crippen LogP contribution in [0.25, 0.3) is 11.1 Å². The Morgan fingerprint density at radius 1 is 1.11 bits per heavy atom. The summed E-state index contributed by atoms with van der Waals surface area (Å²) >= 11 is 1.55. The van der Waals surface area contributed by atoms with Crippen molar-refractivity contribution >= 4 is 23.6 Å². The molecule has 0 bridgehead atoms. The van der Waals surface area contributed by atoms with Gasteiger partial charge in [-0.3, -0.25) is 9.69 Å². The lowest BCUT2D eigenvalue weighted by Crippen LogP contribution is -2.41. The van der Waals surface area contributed by atoms with E-state index in [4.69, 9.17) is 0 Å². The van der Waals surface area contributed by atoms with Crippen LogP contribution in [0, 0.1) is 12.8 Å². The molecular weight excluding hydrogens is 487 g/mol. The Bertz CT molecular complexity index is 1030. The zero-order chi connectivity index (χ0) is 26.6. The molecule has 0 saturated heterocycles. The van der Waals surface area contributed by atoms with E-state index in [0.717, 1.165) is 41.1 Å². The number of hydrogen-bond acceptors (Lipinski definition) is 4. The van der Waals surface area contributed by atoms with Crippen LogP contribution in [-0.4, -0.2) is 59.7 Å². The van der Waals surface area contributed by atoms with Crippen molar-refractivity contribution in [2.24, 2.45) is 5.92 Å². The summed E-state index contributed by atoms with van der Waals surface area (Å²) in [6.45, 7) is 3.49.